The maximum Gasteiger partial charge on any atom is 0.255 e. The van der Waals surface area contributed by atoms with Crippen LogP contribution in [0.5, 0.6) is 0 Å². The van der Waals surface area contributed by atoms with Gasteiger partial charge in [0.2, 0.25) is 0 Å². The van der Waals surface area contributed by atoms with Crippen molar-refractivity contribution in [2.75, 3.05) is 0 Å². The molecule has 32 heavy (non-hydrogen) atoms. The van der Waals surface area contributed by atoms with Gasteiger partial charge in [-0.25, -0.2) is 0 Å². The molecule has 1 amide bonds. The van der Waals surface area contributed by atoms with Gasteiger partial charge in [0.25, 0.3) is 5.91 Å². The number of H-pyrrole nitrogens is 1. The van der Waals surface area contributed by atoms with Gasteiger partial charge >= 0.3 is 0 Å². The lowest BCUT2D eigenvalue weighted by molar-refractivity contribution is 0.0716. The second-order valence-electron chi connectivity index (χ2n) is 10.1. The van der Waals surface area contributed by atoms with Crippen LogP contribution in [0.1, 0.15) is 59.6 Å². The first kappa shape index (κ1) is 19.3. The van der Waals surface area contributed by atoms with Crippen LogP contribution < -0.4 is 0 Å². The van der Waals surface area contributed by atoms with Crippen LogP contribution in [0.2, 0.25) is 0 Å². The maximum absolute atomic E-state index is 13.2. The van der Waals surface area contributed by atoms with Crippen LogP contribution in [-0.4, -0.2) is 21.0 Å². The van der Waals surface area contributed by atoms with Gasteiger partial charge in [0.1, 0.15) is 0 Å². The van der Waals surface area contributed by atoms with E-state index in [0.29, 0.717) is 6.54 Å². The van der Waals surface area contributed by atoms with E-state index in [0.717, 1.165) is 40.8 Å². The normalized spacial score (nSPS) is 17.6. The Labute approximate surface area is 188 Å². The largest absolute Gasteiger partial charge is 0.328 e. The maximum atomic E-state index is 13.2. The van der Waals surface area contributed by atoms with E-state index >= 15 is 0 Å². The lowest BCUT2D eigenvalue weighted by atomic mass is 9.90. The van der Waals surface area contributed by atoms with Gasteiger partial charge in [-0.2, -0.15) is 5.10 Å². The molecule has 0 spiro atoms. The molecule has 4 aromatic rings. The second kappa shape index (κ2) is 6.80. The highest BCUT2D eigenvalue weighted by Gasteiger charge is 2.34. The zero-order valence-corrected chi connectivity index (χ0v) is 18.8. The first-order chi connectivity index (χ1) is 15.4. The van der Waals surface area contributed by atoms with Crippen molar-refractivity contribution in [2.24, 2.45) is 5.41 Å². The van der Waals surface area contributed by atoms with Gasteiger partial charge < -0.3 is 4.90 Å². The van der Waals surface area contributed by atoms with Crippen molar-refractivity contribution in [1.82, 2.24) is 15.1 Å². The van der Waals surface area contributed by atoms with Crippen molar-refractivity contribution in [2.45, 2.75) is 46.2 Å². The van der Waals surface area contributed by atoms with Crippen LogP contribution in [0.25, 0.3) is 22.0 Å². The molecule has 4 heteroatoms. The summed E-state index contributed by atoms with van der Waals surface area (Å²) in [6, 6.07) is 21.1. The second-order valence-corrected chi connectivity index (χ2v) is 10.1. The topological polar surface area (TPSA) is 49.0 Å². The Morgan fingerprint density at radius 1 is 1.00 bits per heavy atom. The lowest BCUT2D eigenvalue weighted by Crippen LogP contribution is -2.27. The molecule has 1 N–H and O–H groups in total. The zero-order valence-electron chi connectivity index (χ0n) is 18.8. The summed E-state index contributed by atoms with van der Waals surface area (Å²) in [7, 11) is 0. The van der Waals surface area contributed by atoms with Crippen molar-refractivity contribution in [1.29, 1.82) is 0 Å². The fourth-order valence-corrected chi connectivity index (χ4v) is 5.45. The van der Waals surface area contributed by atoms with E-state index in [9.17, 15) is 4.79 Å². The van der Waals surface area contributed by atoms with Crippen LogP contribution in [0.3, 0.4) is 0 Å². The third-order valence-corrected chi connectivity index (χ3v) is 7.20. The lowest BCUT2D eigenvalue weighted by Gasteiger charge is -2.25. The number of hydrogen-bond donors (Lipinski definition) is 1. The summed E-state index contributed by atoms with van der Waals surface area (Å²) in [6.07, 6.45) is 2.07. The zero-order chi connectivity index (χ0) is 22.0. The Morgan fingerprint density at radius 2 is 1.81 bits per heavy atom. The van der Waals surface area contributed by atoms with E-state index in [1.54, 1.807) is 0 Å². The summed E-state index contributed by atoms with van der Waals surface area (Å²) < 4.78 is 0. The third kappa shape index (κ3) is 2.97. The summed E-state index contributed by atoms with van der Waals surface area (Å²) >= 11 is 0. The first-order valence-electron chi connectivity index (χ1n) is 11.4. The van der Waals surface area contributed by atoms with Crippen molar-refractivity contribution in [3.63, 3.8) is 0 Å². The van der Waals surface area contributed by atoms with Gasteiger partial charge in [-0.1, -0.05) is 56.3 Å². The molecule has 1 aliphatic carbocycles. The number of benzene rings is 3. The SMILES string of the molecule is C[C@H](c1ccc2ccccc2c1)N1Cc2cc(-c3n[nH]c4c3CC(C)(C)C4)ccc2C1=O. The van der Waals surface area contributed by atoms with E-state index in [1.165, 1.54) is 22.0 Å². The molecule has 0 radical (unpaired) electrons. The molecule has 6 rings (SSSR count). The number of amides is 1. The molecule has 0 fully saturated rings. The average Bonchev–Trinajstić information content (AvgIpc) is 3.42. The Kier molecular flexibility index (Phi) is 4.10. The summed E-state index contributed by atoms with van der Waals surface area (Å²) in [5.41, 5.74) is 8.08. The molecular weight excluding hydrogens is 394 g/mol. The molecule has 3 aromatic carbocycles. The summed E-state index contributed by atoms with van der Waals surface area (Å²) in [6.45, 7) is 7.36. The van der Waals surface area contributed by atoms with Gasteiger partial charge in [0.05, 0.1) is 11.7 Å². The molecule has 2 aliphatic rings. The van der Waals surface area contributed by atoms with Gasteiger partial charge in [-0.3, -0.25) is 9.89 Å². The van der Waals surface area contributed by atoms with E-state index in [2.05, 4.69) is 85.6 Å². The smallest absolute Gasteiger partial charge is 0.255 e. The van der Waals surface area contributed by atoms with Crippen LogP contribution in [-0.2, 0) is 19.4 Å². The number of rotatable bonds is 3. The van der Waals surface area contributed by atoms with Crippen LogP contribution in [0.4, 0.5) is 0 Å². The molecule has 2 heterocycles. The van der Waals surface area contributed by atoms with E-state index in [4.69, 9.17) is 0 Å². The molecule has 0 saturated carbocycles. The minimum Gasteiger partial charge on any atom is -0.328 e. The van der Waals surface area contributed by atoms with Gasteiger partial charge in [-0.15, -0.1) is 0 Å². The highest BCUT2D eigenvalue weighted by Crippen LogP contribution is 2.41. The molecule has 0 bridgehead atoms. The highest BCUT2D eigenvalue weighted by atomic mass is 16.2. The molecule has 160 valence electrons. The quantitative estimate of drug-likeness (QED) is 0.436. The van der Waals surface area contributed by atoms with Crippen molar-refractivity contribution < 1.29 is 4.79 Å². The van der Waals surface area contributed by atoms with Crippen LogP contribution in [0.15, 0.2) is 60.7 Å². The summed E-state index contributed by atoms with van der Waals surface area (Å²) in [4.78, 5) is 15.2. The predicted octanol–water partition coefficient (Wildman–Crippen LogP) is 6.07. The Hall–Kier alpha value is -3.40. The standard InChI is InChI=1S/C28H27N3O/c1-17(19-9-8-18-6-4-5-7-20(18)12-19)31-16-22-13-21(10-11-23(22)27(31)32)26-24-14-28(2,3)15-25(24)29-30-26/h4-13,17H,14-16H2,1-3H3,(H,29,30)/t17-/m1/s1. The van der Waals surface area contributed by atoms with Gasteiger partial charge in [0, 0.05) is 28.9 Å². The summed E-state index contributed by atoms with van der Waals surface area (Å²) in [5, 5.41) is 10.3. The molecular formula is C28H27N3O. The fraction of sp³-hybridized carbons (Fsp3) is 0.286. The fourth-order valence-electron chi connectivity index (χ4n) is 5.45. The number of fused-ring (bicyclic) bond motifs is 3. The number of carbonyl (C=O) groups excluding carboxylic acids is 1. The van der Waals surface area contributed by atoms with Crippen LogP contribution >= 0.6 is 0 Å². The number of aromatic nitrogens is 2. The van der Waals surface area contributed by atoms with Crippen molar-refractivity contribution in [3.8, 4) is 11.3 Å². The molecule has 0 unspecified atom stereocenters. The first-order valence-corrected chi connectivity index (χ1v) is 11.4. The minimum atomic E-state index is 0.0124. The summed E-state index contributed by atoms with van der Waals surface area (Å²) in [5.74, 6) is 0.112. The van der Waals surface area contributed by atoms with E-state index in [1.807, 2.05) is 11.0 Å². The van der Waals surface area contributed by atoms with Gasteiger partial charge in [0.15, 0.2) is 0 Å². The van der Waals surface area contributed by atoms with Crippen molar-refractivity contribution in [3.05, 3.63) is 88.6 Å². The molecule has 1 atom stereocenters. The molecule has 1 aliphatic heterocycles. The molecule has 0 saturated heterocycles. The number of hydrogen-bond acceptors (Lipinski definition) is 2. The number of aromatic amines is 1. The Morgan fingerprint density at radius 3 is 2.66 bits per heavy atom. The number of carbonyl (C=O) groups is 1. The minimum absolute atomic E-state index is 0.0124. The third-order valence-electron chi connectivity index (χ3n) is 7.20. The molecule has 4 nitrogen and oxygen atoms in total. The number of nitrogens with one attached hydrogen (secondary N) is 1. The monoisotopic (exact) mass is 421 g/mol. The highest BCUT2D eigenvalue weighted by molar-refractivity contribution is 5.99. The van der Waals surface area contributed by atoms with Crippen LogP contribution in [0, 0.1) is 5.41 Å². The van der Waals surface area contributed by atoms with Crippen molar-refractivity contribution >= 4 is 16.7 Å². The average molecular weight is 422 g/mol. The Bertz CT molecular complexity index is 1380. The van der Waals surface area contributed by atoms with E-state index in [-0.39, 0.29) is 17.4 Å². The van der Waals surface area contributed by atoms with Gasteiger partial charge in [-0.05, 0) is 65.3 Å². The predicted molar refractivity (Wildman–Crippen MR) is 127 cm³/mol. The van der Waals surface area contributed by atoms with E-state index < -0.39 is 0 Å². The molecule has 1 aromatic heterocycles. The number of nitrogens with zero attached hydrogens (tertiary/aromatic N) is 2. The Balaban J connectivity index is 1.31.